The van der Waals surface area contributed by atoms with Crippen molar-refractivity contribution >= 4 is 12.4 Å². The molecule has 2 heterocycles. The molecule has 1 aliphatic heterocycles. The Morgan fingerprint density at radius 3 is 2.41 bits per heavy atom. The summed E-state index contributed by atoms with van der Waals surface area (Å²) in [5.41, 5.74) is 6.02. The van der Waals surface area contributed by atoms with Gasteiger partial charge in [0.25, 0.3) is 5.89 Å². The van der Waals surface area contributed by atoms with Crippen molar-refractivity contribution in [3.8, 4) is 22.8 Å². The lowest BCUT2D eigenvalue weighted by molar-refractivity contribution is 0.402. The average Bonchev–Trinajstić information content (AvgIpc) is 3.01. The summed E-state index contributed by atoms with van der Waals surface area (Å²) >= 11 is 0. The molecule has 1 aromatic heterocycles. The Labute approximate surface area is 166 Å². The van der Waals surface area contributed by atoms with E-state index < -0.39 is 0 Å². The fourth-order valence-electron chi connectivity index (χ4n) is 3.39. The van der Waals surface area contributed by atoms with E-state index in [9.17, 15) is 0 Å². The molecule has 0 amide bonds. The molecule has 3 aromatic rings. The van der Waals surface area contributed by atoms with E-state index >= 15 is 0 Å². The lowest BCUT2D eigenvalue weighted by Crippen LogP contribution is -2.16. The number of nitrogens with zero attached hydrogens (tertiary/aromatic N) is 3. The summed E-state index contributed by atoms with van der Waals surface area (Å²) in [4.78, 5) is 6.76. The first kappa shape index (κ1) is 19.5. The third-order valence-corrected chi connectivity index (χ3v) is 4.73. The first-order chi connectivity index (χ1) is 12.7. The van der Waals surface area contributed by atoms with Gasteiger partial charge in [0.1, 0.15) is 0 Å². The third-order valence-electron chi connectivity index (χ3n) is 4.73. The fraction of sp³-hybridized carbons (Fsp3) is 0.333. The van der Waals surface area contributed by atoms with E-state index in [-0.39, 0.29) is 12.4 Å². The van der Waals surface area contributed by atoms with E-state index in [0.717, 1.165) is 43.6 Å². The van der Waals surface area contributed by atoms with E-state index in [1.807, 2.05) is 0 Å². The Bertz CT molecular complexity index is 889. The Morgan fingerprint density at radius 2 is 1.67 bits per heavy atom. The highest BCUT2D eigenvalue weighted by atomic mass is 35.5. The second kappa shape index (κ2) is 8.65. The van der Waals surface area contributed by atoms with Crippen LogP contribution in [0.25, 0.3) is 22.8 Å². The van der Waals surface area contributed by atoms with Crippen LogP contribution in [0.5, 0.6) is 0 Å². The normalized spacial score (nSPS) is 13.7. The van der Waals surface area contributed by atoms with Gasteiger partial charge in [0.2, 0.25) is 5.82 Å². The summed E-state index contributed by atoms with van der Waals surface area (Å²) in [7, 11) is 4.13. The third kappa shape index (κ3) is 4.56. The second-order valence-electron chi connectivity index (χ2n) is 7.09. The molecule has 6 heteroatoms. The van der Waals surface area contributed by atoms with Crippen molar-refractivity contribution in [1.82, 2.24) is 20.4 Å². The topological polar surface area (TPSA) is 54.2 Å². The van der Waals surface area contributed by atoms with Crippen molar-refractivity contribution in [3.63, 3.8) is 0 Å². The van der Waals surface area contributed by atoms with Crippen LogP contribution < -0.4 is 5.32 Å². The summed E-state index contributed by atoms with van der Waals surface area (Å²) < 4.78 is 5.54. The number of rotatable bonds is 4. The maximum atomic E-state index is 5.54. The zero-order chi connectivity index (χ0) is 17.9. The highest BCUT2D eigenvalue weighted by Gasteiger charge is 2.14. The minimum absolute atomic E-state index is 0. The predicted molar refractivity (Wildman–Crippen MR) is 110 cm³/mol. The highest BCUT2D eigenvalue weighted by Crippen LogP contribution is 2.25. The summed E-state index contributed by atoms with van der Waals surface area (Å²) in [5.74, 6) is 1.21. The molecule has 1 N–H and O–H groups in total. The van der Waals surface area contributed by atoms with Gasteiger partial charge in [-0.15, -0.1) is 12.4 Å². The van der Waals surface area contributed by atoms with Gasteiger partial charge >= 0.3 is 0 Å². The van der Waals surface area contributed by atoms with Gasteiger partial charge in [-0.3, -0.25) is 0 Å². The van der Waals surface area contributed by atoms with Gasteiger partial charge < -0.3 is 14.7 Å². The maximum Gasteiger partial charge on any atom is 0.258 e. The van der Waals surface area contributed by atoms with Crippen LogP contribution in [0, 0.1) is 0 Å². The van der Waals surface area contributed by atoms with Gasteiger partial charge in [0.15, 0.2) is 0 Å². The summed E-state index contributed by atoms with van der Waals surface area (Å²) in [6, 6.07) is 14.8. The van der Waals surface area contributed by atoms with Gasteiger partial charge in [-0.2, -0.15) is 4.98 Å². The van der Waals surface area contributed by atoms with Crippen LogP contribution in [-0.2, 0) is 19.4 Å². The zero-order valence-corrected chi connectivity index (χ0v) is 16.6. The number of hydrogen-bond acceptors (Lipinski definition) is 5. The number of hydrogen-bond donors (Lipinski definition) is 1. The van der Waals surface area contributed by atoms with Gasteiger partial charge in [0, 0.05) is 17.7 Å². The minimum Gasteiger partial charge on any atom is -0.334 e. The van der Waals surface area contributed by atoms with E-state index in [0.29, 0.717) is 11.7 Å². The summed E-state index contributed by atoms with van der Waals surface area (Å²) in [5, 5.41) is 7.62. The number of halogens is 1. The monoisotopic (exact) mass is 384 g/mol. The molecule has 0 fully saturated rings. The molecule has 5 nitrogen and oxygen atoms in total. The van der Waals surface area contributed by atoms with Crippen LogP contribution in [0.1, 0.15) is 16.7 Å². The van der Waals surface area contributed by atoms with Crippen molar-refractivity contribution in [3.05, 3.63) is 59.2 Å². The van der Waals surface area contributed by atoms with Gasteiger partial charge in [-0.1, -0.05) is 35.5 Å². The lowest BCUT2D eigenvalue weighted by Gasteiger charge is -2.09. The predicted octanol–water partition coefficient (Wildman–Crippen LogP) is 3.58. The van der Waals surface area contributed by atoms with Crippen LogP contribution in [0.3, 0.4) is 0 Å². The molecule has 1 aliphatic rings. The molecule has 0 radical (unpaired) electrons. The Morgan fingerprint density at radius 1 is 0.963 bits per heavy atom. The minimum atomic E-state index is 0. The molecule has 0 saturated heterocycles. The van der Waals surface area contributed by atoms with Crippen molar-refractivity contribution < 1.29 is 4.52 Å². The zero-order valence-electron chi connectivity index (χ0n) is 15.7. The number of benzene rings is 2. The van der Waals surface area contributed by atoms with E-state index in [4.69, 9.17) is 4.52 Å². The first-order valence-corrected chi connectivity index (χ1v) is 9.10. The van der Waals surface area contributed by atoms with Crippen LogP contribution >= 0.6 is 12.4 Å². The van der Waals surface area contributed by atoms with Gasteiger partial charge in [0.05, 0.1) is 0 Å². The van der Waals surface area contributed by atoms with E-state index in [1.165, 1.54) is 16.7 Å². The molecule has 4 rings (SSSR count). The quantitative estimate of drug-likeness (QED) is 0.745. The van der Waals surface area contributed by atoms with Crippen molar-refractivity contribution in [1.29, 1.82) is 0 Å². The first-order valence-electron chi connectivity index (χ1n) is 9.10. The van der Waals surface area contributed by atoms with E-state index in [1.54, 1.807) is 0 Å². The molecule has 2 aromatic carbocycles. The van der Waals surface area contributed by atoms with Crippen LogP contribution in [0.4, 0.5) is 0 Å². The number of nitrogens with one attached hydrogen (secondary N) is 1. The van der Waals surface area contributed by atoms with Gasteiger partial charge in [-0.05, 0) is 68.8 Å². The molecular weight excluding hydrogens is 360 g/mol. The van der Waals surface area contributed by atoms with Gasteiger partial charge in [-0.25, -0.2) is 0 Å². The van der Waals surface area contributed by atoms with Crippen LogP contribution in [-0.4, -0.2) is 42.2 Å². The molecule has 0 spiro atoms. The Kier molecular flexibility index (Phi) is 6.26. The molecule has 142 valence electrons. The number of fused-ring (bicyclic) bond motifs is 1. The standard InChI is InChI=1S/C21H24N4O.ClH/c1-25(2)14-15-3-5-17(6-4-15)20-23-21(26-24-20)19-8-7-16-9-11-22-12-10-18(16)13-19;/h3-8,13,22H,9-12,14H2,1-2H3;1H. The van der Waals surface area contributed by atoms with Crippen molar-refractivity contribution in [2.45, 2.75) is 19.4 Å². The smallest absolute Gasteiger partial charge is 0.258 e. The molecule has 0 saturated carbocycles. The average molecular weight is 385 g/mol. The summed E-state index contributed by atoms with van der Waals surface area (Å²) in [6.45, 7) is 2.98. The fourth-order valence-corrected chi connectivity index (χ4v) is 3.39. The van der Waals surface area contributed by atoms with E-state index in [2.05, 4.69) is 76.9 Å². The molecular formula is C21H25ClN4O. The molecule has 0 bridgehead atoms. The molecule has 27 heavy (non-hydrogen) atoms. The lowest BCUT2D eigenvalue weighted by atomic mass is 10.00. The summed E-state index contributed by atoms with van der Waals surface area (Å²) in [6.07, 6.45) is 2.11. The molecule has 0 atom stereocenters. The Balaban J connectivity index is 0.00000210. The second-order valence-corrected chi connectivity index (χ2v) is 7.09. The largest absolute Gasteiger partial charge is 0.334 e. The molecule has 0 aliphatic carbocycles. The molecule has 0 unspecified atom stereocenters. The maximum absolute atomic E-state index is 5.54. The Hall–Kier alpha value is -2.21. The van der Waals surface area contributed by atoms with Crippen molar-refractivity contribution in [2.75, 3.05) is 27.2 Å². The highest BCUT2D eigenvalue weighted by molar-refractivity contribution is 5.85. The van der Waals surface area contributed by atoms with Crippen LogP contribution in [0.2, 0.25) is 0 Å². The van der Waals surface area contributed by atoms with Crippen molar-refractivity contribution in [2.24, 2.45) is 0 Å². The van der Waals surface area contributed by atoms with Crippen LogP contribution in [0.15, 0.2) is 47.0 Å². The SMILES string of the molecule is CN(C)Cc1ccc(-c2noc(-c3ccc4c(c3)CCNCC4)n2)cc1.Cl. The number of aromatic nitrogens is 2.